The van der Waals surface area contributed by atoms with Crippen LogP contribution in [0.5, 0.6) is 0 Å². The second-order valence-corrected chi connectivity index (χ2v) is 5.67. The van der Waals surface area contributed by atoms with Gasteiger partial charge in [0.15, 0.2) is 17.5 Å². The van der Waals surface area contributed by atoms with Gasteiger partial charge in [-0.15, -0.1) is 35.3 Å². The van der Waals surface area contributed by atoms with Crippen molar-refractivity contribution in [3.8, 4) is 0 Å². The predicted molar refractivity (Wildman–Crippen MR) is 98.1 cm³/mol. The quantitative estimate of drug-likeness (QED) is 0.368. The van der Waals surface area contributed by atoms with Crippen molar-refractivity contribution < 1.29 is 17.7 Å². The molecular weight excluding hydrogens is 472 g/mol. The largest absolute Gasteiger partial charge is 0.434 e. The number of thiazole rings is 1. The topological polar surface area (TPSA) is 88.2 Å². The van der Waals surface area contributed by atoms with E-state index in [0.29, 0.717) is 42.2 Å². The van der Waals surface area contributed by atoms with Crippen LogP contribution >= 0.6 is 35.3 Å². The van der Waals surface area contributed by atoms with Gasteiger partial charge in [0.25, 0.3) is 0 Å². The highest BCUT2D eigenvalue weighted by Gasteiger charge is 2.33. The second kappa shape index (κ2) is 9.89. The third-order valence-electron chi connectivity index (χ3n) is 2.76. The molecule has 2 aromatic heterocycles. The molecule has 25 heavy (non-hydrogen) atoms. The Morgan fingerprint density at radius 2 is 2.08 bits per heavy atom. The Morgan fingerprint density at radius 3 is 2.64 bits per heavy atom. The van der Waals surface area contributed by atoms with Gasteiger partial charge >= 0.3 is 6.18 Å². The van der Waals surface area contributed by atoms with E-state index in [2.05, 4.69) is 30.8 Å². The van der Waals surface area contributed by atoms with Gasteiger partial charge in [0, 0.05) is 24.9 Å². The first-order valence-electron chi connectivity index (χ1n) is 7.21. The number of hydrogen-bond donors (Lipinski definition) is 2. The van der Waals surface area contributed by atoms with Gasteiger partial charge in [0.2, 0.25) is 5.89 Å². The van der Waals surface area contributed by atoms with Gasteiger partial charge < -0.3 is 15.2 Å². The van der Waals surface area contributed by atoms with Gasteiger partial charge in [-0.05, 0) is 13.8 Å². The Morgan fingerprint density at radius 1 is 1.32 bits per heavy atom. The van der Waals surface area contributed by atoms with Crippen molar-refractivity contribution in [3.63, 3.8) is 0 Å². The number of guanidine groups is 1. The average molecular weight is 490 g/mol. The van der Waals surface area contributed by atoms with E-state index in [0.717, 1.165) is 16.7 Å². The fraction of sp³-hybridized carbons (Fsp3) is 0.538. The van der Waals surface area contributed by atoms with Crippen molar-refractivity contribution in [1.82, 2.24) is 25.8 Å². The minimum atomic E-state index is -4.40. The minimum Gasteiger partial charge on any atom is -0.357 e. The van der Waals surface area contributed by atoms with Crippen molar-refractivity contribution in [1.29, 1.82) is 0 Å². The highest BCUT2D eigenvalue weighted by Crippen LogP contribution is 2.29. The van der Waals surface area contributed by atoms with Gasteiger partial charge in [-0.3, -0.25) is 0 Å². The Labute approximate surface area is 163 Å². The minimum absolute atomic E-state index is 0. The maximum atomic E-state index is 12.5. The molecule has 0 aliphatic heterocycles. The van der Waals surface area contributed by atoms with Crippen molar-refractivity contribution >= 4 is 41.3 Å². The van der Waals surface area contributed by atoms with Crippen LogP contribution in [0.1, 0.15) is 29.3 Å². The first kappa shape index (κ1) is 21.6. The maximum Gasteiger partial charge on any atom is 0.434 e. The van der Waals surface area contributed by atoms with Crippen molar-refractivity contribution in [3.05, 3.63) is 27.8 Å². The van der Waals surface area contributed by atoms with Gasteiger partial charge in [-0.1, -0.05) is 5.16 Å². The molecule has 0 aromatic carbocycles. The Hall–Kier alpha value is -1.44. The molecule has 0 saturated carbocycles. The van der Waals surface area contributed by atoms with E-state index in [9.17, 15) is 13.2 Å². The summed E-state index contributed by atoms with van der Waals surface area (Å²) in [5, 5.41) is 11.2. The zero-order chi connectivity index (χ0) is 17.6. The molecule has 0 saturated heterocycles. The molecule has 0 amide bonds. The average Bonchev–Trinajstić information content (AvgIpc) is 3.13. The lowest BCUT2D eigenvalue weighted by Crippen LogP contribution is -2.38. The molecule has 2 N–H and O–H groups in total. The smallest absolute Gasteiger partial charge is 0.357 e. The summed E-state index contributed by atoms with van der Waals surface area (Å²) < 4.78 is 42.4. The summed E-state index contributed by atoms with van der Waals surface area (Å²) in [6.07, 6.45) is -4.04. The predicted octanol–water partition coefficient (Wildman–Crippen LogP) is 2.77. The lowest BCUT2D eigenvalue weighted by molar-refractivity contribution is -0.140. The molecule has 2 rings (SSSR count). The van der Waals surface area contributed by atoms with Crippen LogP contribution in [-0.2, 0) is 19.1 Å². The van der Waals surface area contributed by atoms with Gasteiger partial charge in [0.1, 0.15) is 6.54 Å². The van der Waals surface area contributed by atoms with Gasteiger partial charge in [-0.25, -0.2) is 9.98 Å². The van der Waals surface area contributed by atoms with Crippen LogP contribution in [0.4, 0.5) is 13.2 Å². The van der Waals surface area contributed by atoms with Crippen LogP contribution in [0, 0.1) is 6.92 Å². The zero-order valence-corrected chi connectivity index (χ0v) is 16.7. The first-order valence-corrected chi connectivity index (χ1v) is 8.09. The van der Waals surface area contributed by atoms with Crippen LogP contribution in [0.25, 0.3) is 0 Å². The molecule has 0 fully saturated rings. The molecular formula is C13H18F3IN6OS. The van der Waals surface area contributed by atoms with Crippen LogP contribution in [-0.4, -0.2) is 34.2 Å². The van der Waals surface area contributed by atoms with E-state index in [1.807, 2.05) is 6.92 Å². The number of nitrogens with one attached hydrogen (secondary N) is 2. The molecule has 2 aromatic rings. The summed E-state index contributed by atoms with van der Waals surface area (Å²) >= 11 is 0.990. The molecule has 0 aliphatic carbocycles. The van der Waals surface area contributed by atoms with E-state index in [1.54, 1.807) is 6.92 Å². The molecule has 0 radical (unpaired) electrons. The number of rotatable bonds is 6. The highest BCUT2D eigenvalue weighted by atomic mass is 127. The van der Waals surface area contributed by atoms with E-state index in [1.165, 1.54) is 0 Å². The van der Waals surface area contributed by atoms with Crippen molar-refractivity contribution in [2.45, 2.75) is 33.0 Å². The van der Waals surface area contributed by atoms with Crippen molar-refractivity contribution in [2.24, 2.45) is 4.99 Å². The summed E-state index contributed by atoms with van der Waals surface area (Å²) in [4.78, 5) is 11.9. The molecule has 140 valence electrons. The maximum absolute atomic E-state index is 12.5. The molecule has 0 unspecified atom stereocenters. The van der Waals surface area contributed by atoms with Crippen LogP contribution < -0.4 is 10.6 Å². The number of aryl methyl sites for hydroxylation is 1. The molecule has 0 aliphatic rings. The van der Waals surface area contributed by atoms with Crippen LogP contribution in [0.3, 0.4) is 0 Å². The summed E-state index contributed by atoms with van der Waals surface area (Å²) in [5.41, 5.74) is -0.852. The molecule has 2 heterocycles. The molecule has 12 heteroatoms. The monoisotopic (exact) mass is 490 g/mol. The van der Waals surface area contributed by atoms with E-state index < -0.39 is 11.9 Å². The van der Waals surface area contributed by atoms with Crippen LogP contribution in [0.2, 0.25) is 0 Å². The number of alkyl halides is 3. The SMILES string of the molecule is CCNC(=NCc1nc(C)no1)NCCc1nc(C(F)(F)F)cs1.I. The fourth-order valence-corrected chi connectivity index (χ4v) is 2.54. The van der Waals surface area contributed by atoms with E-state index >= 15 is 0 Å². The summed E-state index contributed by atoms with van der Waals surface area (Å²) in [6.45, 7) is 4.88. The van der Waals surface area contributed by atoms with Gasteiger partial charge in [-0.2, -0.15) is 18.2 Å². The molecule has 0 bridgehead atoms. The molecule has 0 atom stereocenters. The number of halogens is 4. The lowest BCUT2D eigenvalue weighted by Gasteiger charge is -2.09. The Balaban J connectivity index is 0.00000312. The van der Waals surface area contributed by atoms with Crippen molar-refractivity contribution in [2.75, 3.05) is 13.1 Å². The molecule has 0 spiro atoms. The number of hydrogen-bond acceptors (Lipinski definition) is 6. The van der Waals surface area contributed by atoms with Gasteiger partial charge in [0.05, 0.1) is 5.01 Å². The third-order valence-corrected chi connectivity index (χ3v) is 3.67. The standard InChI is InChI=1S/C13H17F3N6OS.HI/c1-3-17-12(19-6-10-20-8(2)22-23-10)18-5-4-11-21-9(7-24-11)13(14,15)16;/h7H,3-6H2,1-2H3,(H2,17,18,19);1H. The summed E-state index contributed by atoms with van der Waals surface area (Å²) in [5.74, 6) is 1.43. The second-order valence-electron chi connectivity index (χ2n) is 4.73. The number of aromatic nitrogens is 3. The normalized spacial score (nSPS) is 12.0. The fourth-order valence-electron chi connectivity index (χ4n) is 1.74. The number of aliphatic imine (C=N–C) groups is 1. The lowest BCUT2D eigenvalue weighted by atomic mass is 10.4. The number of nitrogens with zero attached hydrogens (tertiary/aromatic N) is 4. The van der Waals surface area contributed by atoms with Crippen LogP contribution in [0.15, 0.2) is 14.9 Å². The Bertz CT molecular complexity index is 687. The van der Waals surface area contributed by atoms with E-state index in [-0.39, 0.29) is 30.5 Å². The first-order chi connectivity index (χ1) is 11.4. The van der Waals surface area contributed by atoms with E-state index in [4.69, 9.17) is 4.52 Å². The Kier molecular flexibility index (Phi) is 8.55. The third kappa shape index (κ3) is 7.13. The summed E-state index contributed by atoms with van der Waals surface area (Å²) in [7, 11) is 0. The summed E-state index contributed by atoms with van der Waals surface area (Å²) in [6, 6.07) is 0. The zero-order valence-electron chi connectivity index (χ0n) is 13.6. The highest BCUT2D eigenvalue weighted by molar-refractivity contribution is 14.0. The molecule has 7 nitrogen and oxygen atoms in total.